The smallest absolute Gasteiger partial charge is 0.238 e. The summed E-state index contributed by atoms with van der Waals surface area (Å²) in [6.07, 6.45) is 12.1. The number of benzene rings is 1. The van der Waals surface area contributed by atoms with Crippen molar-refractivity contribution in [3.05, 3.63) is 54.9 Å². The lowest BCUT2D eigenvalue weighted by Gasteiger charge is -2.56. The molecule has 0 aliphatic heterocycles. The van der Waals surface area contributed by atoms with Crippen LogP contribution < -0.4 is 10.1 Å². The van der Waals surface area contributed by atoms with E-state index in [1.54, 1.807) is 29.2 Å². The van der Waals surface area contributed by atoms with Gasteiger partial charge in [-0.05, 0) is 98.1 Å². The van der Waals surface area contributed by atoms with Crippen LogP contribution in [-0.2, 0) is 4.79 Å². The number of hydrogen-bond donors (Lipinski definition) is 1. The Bertz CT molecular complexity index is 1060. The third-order valence-electron chi connectivity index (χ3n) is 7.43. The predicted molar refractivity (Wildman–Crippen MR) is 120 cm³/mol. The molecule has 32 heavy (non-hydrogen) atoms. The molecular weight excluding hydrogens is 402 g/mol. The average Bonchev–Trinajstić information content (AvgIpc) is 3.29. The van der Waals surface area contributed by atoms with Crippen molar-refractivity contribution in [2.24, 2.45) is 23.2 Å². The van der Waals surface area contributed by atoms with Gasteiger partial charge in [0.05, 0.1) is 0 Å². The Balaban J connectivity index is 1.06. The van der Waals surface area contributed by atoms with Gasteiger partial charge in [-0.25, -0.2) is 4.68 Å². The first kappa shape index (κ1) is 19.5. The molecule has 7 rings (SSSR count). The van der Waals surface area contributed by atoms with E-state index >= 15 is 0 Å². The number of hydrogen-bond acceptors (Lipinski definition) is 5. The number of carbonyl (C=O) groups is 1. The number of nitrogens with one attached hydrogen (secondary N) is 1. The van der Waals surface area contributed by atoms with Crippen LogP contribution in [0.15, 0.2) is 54.9 Å². The van der Waals surface area contributed by atoms with E-state index in [-0.39, 0.29) is 11.3 Å². The summed E-state index contributed by atoms with van der Waals surface area (Å²) in [5.74, 6) is 4.40. The van der Waals surface area contributed by atoms with E-state index in [0.29, 0.717) is 23.9 Å². The Kier molecular flexibility index (Phi) is 4.70. The first-order valence-electron chi connectivity index (χ1n) is 11.5. The molecule has 0 radical (unpaired) electrons. The average molecular weight is 430 g/mol. The van der Waals surface area contributed by atoms with E-state index in [1.807, 2.05) is 30.3 Å². The van der Waals surface area contributed by atoms with Crippen molar-refractivity contribution in [1.29, 1.82) is 0 Å². The van der Waals surface area contributed by atoms with Crippen LogP contribution in [0.1, 0.15) is 44.9 Å². The van der Waals surface area contributed by atoms with E-state index in [4.69, 9.17) is 4.74 Å². The second-order valence-electron chi connectivity index (χ2n) is 9.95. The molecule has 4 aliphatic rings. The van der Waals surface area contributed by atoms with Gasteiger partial charge in [0.1, 0.15) is 5.75 Å². The Labute approximate surface area is 187 Å². The summed E-state index contributed by atoms with van der Waals surface area (Å²) >= 11 is 0. The molecule has 1 aromatic carbocycles. The first-order valence-corrected chi connectivity index (χ1v) is 11.5. The lowest BCUT2D eigenvalue weighted by molar-refractivity contribution is -0.124. The molecule has 7 nitrogen and oxygen atoms in total. The fourth-order valence-electron chi connectivity index (χ4n) is 6.67. The number of nitrogens with zero attached hydrogens (tertiary/aromatic N) is 4. The molecule has 0 spiro atoms. The zero-order valence-electron chi connectivity index (χ0n) is 18.0. The summed E-state index contributed by atoms with van der Waals surface area (Å²) in [5, 5.41) is 15.5. The van der Waals surface area contributed by atoms with Crippen LogP contribution in [0.5, 0.6) is 11.6 Å². The quantitative estimate of drug-likeness (QED) is 0.596. The summed E-state index contributed by atoms with van der Waals surface area (Å²) in [6, 6.07) is 12.8. The molecule has 2 aromatic heterocycles. The van der Waals surface area contributed by atoms with Gasteiger partial charge in [-0.3, -0.25) is 4.79 Å². The van der Waals surface area contributed by atoms with Gasteiger partial charge < -0.3 is 10.1 Å². The van der Waals surface area contributed by atoms with E-state index in [0.717, 1.165) is 23.4 Å². The molecule has 0 saturated heterocycles. The topological polar surface area (TPSA) is 81.9 Å². The van der Waals surface area contributed by atoms with E-state index in [9.17, 15) is 4.79 Å². The number of rotatable bonds is 6. The summed E-state index contributed by atoms with van der Waals surface area (Å²) < 4.78 is 7.42. The highest BCUT2D eigenvalue weighted by Crippen LogP contribution is 2.61. The number of carbonyl (C=O) groups excluding carboxylic acids is 1. The minimum Gasteiger partial charge on any atom is -0.438 e. The van der Waals surface area contributed by atoms with Crippen molar-refractivity contribution in [3.63, 3.8) is 0 Å². The van der Waals surface area contributed by atoms with Crippen LogP contribution >= 0.6 is 0 Å². The molecule has 4 fully saturated rings. The summed E-state index contributed by atoms with van der Waals surface area (Å²) in [4.78, 5) is 12.8. The number of anilines is 1. The Morgan fingerprint density at radius 3 is 2.31 bits per heavy atom. The number of amides is 1. The lowest BCUT2D eigenvalue weighted by Crippen LogP contribution is -2.47. The SMILES string of the molecule is O=C(CC12CC3CC(CC(C3)C1)C2)Nc1ccc(Oc2ccc(-n3cccn3)nn2)cc1. The molecule has 164 valence electrons. The Morgan fingerprint density at radius 1 is 1.00 bits per heavy atom. The molecule has 0 atom stereocenters. The fraction of sp³-hybridized carbons (Fsp3) is 0.440. The molecular formula is C25H27N5O2. The van der Waals surface area contributed by atoms with Gasteiger partial charge in [0.25, 0.3) is 0 Å². The summed E-state index contributed by atoms with van der Waals surface area (Å²) in [6.45, 7) is 0. The minimum absolute atomic E-state index is 0.140. The standard InChI is InChI=1S/C25H27N5O2/c31-23(16-25-13-17-10-18(14-25)12-19(11-17)15-25)27-20-2-4-21(5-3-20)32-24-7-6-22(28-29-24)30-9-1-8-26-30/h1-9,17-19H,10-16H2,(H,27,31). The molecule has 4 bridgehead atoms. The lowest BCUT2D eigenvalue weighted by atomic mass is 9.49. The van der Waals surface area contributed by atoms with Crippen LogP contribution in [0.3, 0.4) is 0 Å². The molecule has 4 aliphatic carbocycles. The highest BCUT2D eigenvalue weighted by Gasteiger charge is 2.51. The highest BCUT2D eigenvalue weighted by molar-refractivity contribution is 5.91. The molecule has 1 amide bonds. The van der Waals surface area contributed by atoms with Gasteiger partial charge in [0, 0.05) is 30.6 Å². The van der Waals surface area contributed by atoms with Gasteiger partial charge >= 0.3 is 0 Å². The van der Waals surface area contributed by atoms with E-state index in [2.05, 4.69) is 20.6 Å². The minimum atomic E-state index is 0.140. The monoisotopic (exact) mass is 429 g/mol. The zero-order valence-corrected chi connectivity index (χ0v) is 18.0. The second kappa shape index (κ2) is 7.73. The third kappa shape index (κ3) is 3.87. The van der Waals surface area contributed by atoms with Crippen molar-refractivity contribution in [1.82, 2.24) is 20.0 Å². The number of aromatic nitrogens is 4. The maximum Gasteiger partial charge on any atom is 0.238 e. The van der Waals surface area contributed by atoms with Crippen LogP contribution in [0.2, 0.25) is 0 Å². The normalized spacial score (nSPS) is 27.9. The maximum absolute atomic E-state index is 12.8. The van der Waals surface area contributed by atoms with Gasteiger partial charge in [-0.2, -0.15) is 5.10 Å². The zero-order chi connectivity index (χ0) is 21.5. The predicted octanol–water partition coefficient (Wildman–Crippen LogP) is 5.00. The van der Waals surface area contributed by atoms with Crippen LogP contribution in [-0.4, -0.2) is 25.9 Å². The van der Waals surface area contributed by atoms with Crippen LogP contribution in [0.4, 0.5) is 5.69 Å². The van der Waals surface area contributed by atoms with Crippen molar-refractivity contribution >= 4 is 11.6 Å². The van der Waals surface area contributed by atoms with Crippen molar-refractivity contribution < 1.29 is 9.53 Å². The summed E-state index contributed by atoms with van der Waals surface area (Å²) in [7, 11) is 0. The Morgan fingerprint density at radius 2 is 1.72 bits per heavy atom. The van der Waals surface area contributed by atoms with Gasteiger partial charge in [-0.15, -0.1) is 10.2 Å². The molecule has 4 saturated carbocycles. The molecule has 1 N–H and O–H groups in total. The molecule has 0 unspecified atom stereocenters. The second-order valence-corrected chi connectivity index (χ2v) is 9.95. The van der Waals surface area contributed by atoms with Gasteiger partial charge in [0.2, 0.25) is 11.8 Å². The van der Waals surface area contributed by atoms with Crippen LogP contribution in [0, 0.1) is 23.2 Å². The van der Waals surface area contributed by atoms with Crippen molar-refractivity contribution in [2.45, 2.75) is 44.9 Å². The Hall–Kier alpha value is -3.22. The number of ether oxygens (including phenoxy) is 1. The fourth-order valence-corrected chi connectivity index (χ4v) is 6.67. The van der Waals surface area contributed by atoms with Gasteiger partial charge in [0.15, 0.2) is 5.82 Å². The highest BCUT2D eigenvalue weighted by atomic mass is 16.5. The largest absolute Gasteiger partial charge is 0.438 e. The van der Waals surface area contributed by atoms with Crippen molar-refractivity contribution in [3.8, 4) is 17.4 Å². The van der Waals surface area contributed by atoms with E-state index < -0.39 is 0 Å². The van der Waals surface area contributed by atoms with Crippen molar-refractivity contribution in [2.75, 3.05) is 5.32 Å². The first-order chi connectivity index (χ1) is 15.6. The molecule has 2 heterocycles. The van der Waals surface area contributed by atoms with E-state index in [1.165, 1.54) is 38.5 Å². The maximum atomic E-state index is 12.8. The summed E-state index contributed by atoms with van der Waals surface area (Å²) in [5.41, 5.74) is 1.05. The third-order valence-corrected chi connectivity index (χ3v) is 7.43. The molecule has 3 aromatic rings. The van der Waals surface area contributed by atoms with Gasteiger partial charge in [-0.1, -0.05) is 0 Å². The molecule has 7 heteroatoms. The van der Waals surface area contributed by atoms with Crippen LogP contribution in [0.25, 0.3) is 5.82 Å².